The van der Waals surface area contributed by atoms with Crippen molar-refractivity contribution in [3.8, 4) is 0 Å². The third-order valence-electron chi connectivity index (χ3n) is 9.71. The van der Waals surface area contributed by atoms with E-state index in [9.17, 15) is 24.2 Å². The highest BCUT2D eigenvalue weighted by atomic mass is 31.2. The number of hydrogen-bond donors (Lipinski definition) is 3. The molecule has 3 N–H and O–H groups in total. The number of carbonyl (C=O) groups excluding carboxylic acids is 2. The molecule has 0 bridgehead atoms. The molecule has 0 aromatic heterocycles. The molecule has 3 unspecified atom stereocenters. The zero-order valence-corrected chi connectivity index (χ0v) is 37.6. The van der Waals surface area contributed by atoms with Gasteiger partial charge in [0.2, 0.25) is 0 Å². The van der Waals surface area contributed by atoms with Crippen molar-refractivity contribution in [2.24, 2.45) is 0 Å². The van der Waals surface area contributed by atoms with E-state index in [4.69, 9.17) is 23.6 Å². The summed E-state index contributed by atoms with van der Waals surface area (Å²) in [5, 5.41) is 18.4. The summed E-state index contributed by atoms with van der Waals surface area (Å²) in [6.07, 6.45) is 46.4. The maximum Gasteiger partial charge on any atom is 0.472 e. The van der Waals surface area contributed by atoms with Crippen LogP contribution in [0.5, 0.6) is 0 Å². The first-order chi connectivity index (χ1) is 28.2. The molecule has 0 rings (SSSR count). The summed E-state index contributed by atoms with van der Waals surface area (Å²) in [7, 11) is -4.62. The number of aliphatic hydroxyl groups excluding tert-OH is 2. The van der Waals surface area contributed by atoms with Gasteiger partial charge in [0.05, 0.1) is 19.8 Å². The maximum atomic E-state index is 12.6. The van der Waals surface area contributed by atoms with Crippen molar-refractivity contribution in [3.05, 3.63) is 48.6 Å². The number of rotatable bonds is 43. The number of phosphoric ester groups is 1. The summed E-state index contributed by atoms with van der Waals surface area (Å²) in [5.41, 5.74) is 0. The molecule has 0 amide bonds. The molecule has 0 fully saturated rings. The van der Waals surface area contributed by atoms with Crippen molar-refractivity contribution >= 4 is 19.8 Å². The fourth-order valence-electron chi connectivity index (χ4n) is 6.11. The van der Waals surface area contributed by atoms with Gasteiger partial charge in [-0.1, -0.05) is 159 Å². The number of esters is 2. The predicted molar refractivity (Wildman–Crippen MR) is 237 cm³/mol. The van der Waals surface area contributed by atoms with Gasteiger partial charge in [0.1, 0.15) is 12.7 Å². The van der Waals surface area contributed by atoms with E-state index in [1.165, 1.54) is 89.9 Å². The Kier molecular flexibility index (Phi) is 41.5. The van der Waals surface area contributed by atoms with E-state index in [1.807, 2.05) is 0 Å². The van der Waals surface area contributed by atoms with E-state index in [-0.39, 0.29) is 19.4 Å². The minimum absolute atomic E-state index is 0.173. The number of unbranched alkanes of at least 4 members (excludes halogenated alkanes) is 21. The normalized spacial score (nSPS) is 14.2. The van der Waals surface area contributed by atoms with Crippen molar-refractivity contribution < 1.29 is 47.8 Å². The average molecular weight is 841 g/mol. The molecule has 0 saturated carbocycles. The SMILES string of the molecule is CCCCC/C=C\C/C=C\CCCCCCCCCC(=O)OCC(COP(=O)(O)OCC(O)CO)OC(=O)CCCCCCCCC/C=C\C/C=C\CCCCCC. The van der Waals surface area contributed by atoms with Crippen LogP contribution in [0.25, 0.3) is 0 Å². The van der Waals surface area contributed by atoms with Crippen LogP contribution in [0, 0.1) is 0 Å². The second-order valence-electron chi connectivity index (χ2n) is 15.4. The third kappa shape index (κ3) is 42.1. The van der Waals surface area contributed by atoms with Crippen LogP contribution in [0.4, 0.5) is 0 Å². The molecule has 3 atom stereocenters. The monoisotopic (exact) mass is 841 g/mol. The molecule has 0 radical (unpaired) electrons. The molecule has 0 saturated heterocycles. The predicted octanol–water partition coefficient (Wildman–Crippen LogP) is 12.5. The van der Waals surface area contributed by atoms with Crippen LogP contribution in [-0.4, -0.2) is 65.7 Å². The summed E-state index contributed by atoms with van der Waals surface area (Å²) in [6, 6.07) is 0. The fraction of sp³-hybridized carbons (Fsp3) is 0.787. The van der Waals surface area contributed by atoms with Gasteiger partial charge < -0.3 is 24.6 Å². The molecule has 0 aliphatic carbocycles. The van der Waals surface area contributed by atoms with Crippen LogP contribution >= 0.6 is 7.82 Å². The van der Waals surface area contributed by atoms with Gasteiger partial charge in [-0.05, 0) is 77.0 Å². The van der Waals surface area contributed by atoms with Crippen LogP contribution in [0.3, 0.4) is 0 Å². The number of ether oxygens (including phenoxy) is 2. The topological polar surface area (TPSA) is 149 Å². The Morgan fingerprint density at radius 3 is 1.36 bits per heavy atom. The second kappa shape index (κ2) is 43.0. The van der Waals surface area contributed by atoms with Crippen LogP contribution in [0.1, 0.15) is 200 Å². The van der Waals surface area contributed by atoms with Gasteiger partial charge in [-0.2, -0.15) is 0 Å². The van der Waals surface area contributed by atoms with Crippen molar-refractivity contribution in [2.45, 2.75) is 212 Å². The van der Waals surface area contributed by atoms with Gasteiger partial charge in [-0.25, -0.2) is 4.57 Å². The van der Waals surface area contributed by atoms with Crippen LogP contribution in [-0.2, 0) is 32.7 Å². The lowest BCUT2D eigenvalue weighted by molar-refractivity contribution is -0.161. The molecule has 338 valence electrons. The lowest BCUT2D eigenvalue weighted by Gasteiger charge is -2.20. The van der Waals surface area contributed by atoms with Crippen molar-refractivity contribution in [2.75, 3.05) is 26.4 Å². The maximum absolute atomic E-state index is 12.6. The van der Waals surface area contributed by atoms with Gasteiger partial charge in [0, 0.05) is 12.8 Å². The van der Waals surface area contributed by atoms with E-state index in [2.05, 4.69) is 62.5 Å². The van der Waals surface area contributed by atoms with E-state index in [0.717, 1.165) is 70.6 Å². The van der Waals surface area contributed by atoms with E-state index in [1.54, 1.807) is 0 Å². The van der Waals surface area contributed by atoms with Crippen molar-refractivity contribution in [1.29, 1.82) is 0 Å². The first kappa shape index (κ1) is 55.9. The number of phosphoric acid groups is 1. The highest BCUT2D eigenvalue weighted by Gasteiger charge is 2.27. The lowest BCUT2D eigenvalue weighted by atomic mass is 10.1. The zero-order chi connectivity index (χ0) is 42.6. The summed E-state index contributed by atoms with van der Waals surface area (Å²) < 4.78 is 32.8. The number of hydrogen-bond acceptors (Lipinski definition) is 9. The Balaban J connectivity index is 4.29. The first-order valence-corrected chi connectivity index (χ1v) is 24.6. The number of aliphatic hydroxyl groups is 2. The number of carbonyl (C=O) groups is 2. The molecule has 0 aromatic rings. The molecule has 11 heteroatoms. The van der Waals surface area contributed by atoms with Crippen LogP contribution < -0.4 is 0 Å². The first-order valence-electron chi connectivity index (χ1n) is 23.1. The Hall–Kier alpha value is -2.07. The highest BCUT2D eigenvalue weighted by Crippen LogP contribution is 2.43. The molecular formula is C47H85O10P. The van der Waals surface area contributed by atoms with Gasteiger partial charge in [-0.3, -0.25) is 18.6 Å². The van der Waals surface area contributed by atoms with Gasteiger partial charge in [0.25, 0.3) is 0 Å². The smallest absolute Gasteiger partial charge is 0.462 e. The van der Waals surface area contributed by atoms with Crippen molar-refractivity contribution in [3.63, 3.8) is 0 Å². The summed E-state index contributed by atoms with van der Waals surface area (Å²) in [6.45, 7) is 2.33. The summed E-state index contributed by atoms with van der Waals surface area (Å²) >= 11 is 0. The molecule has 0 aliphatic heterocycles. The van der Waals surface area contributed by atoms with Crippen LogP contribution in [0.15, 0.2) is 48.6 Å². The Labute approximate surface area is 353 Å². The molecule has 0 aliphatic rings. The third-order valence-corrected chi connectivity index (χ3v) is 10.7. The van der Waals surface area contributed by atoms with E-state index >= 15 is 0 Å². The molecule has 58 heavy (non-hydrogen) atoms. The van der Waals surface area contributed by atoms with Crippen LogP contribution in [0.2, 0.25) is 0 Å². The quantitative estimate of drug-likeness (QED) is 0.0234. The number of allylic oxidation sites excluding steroid dienone is 8. The largest absolute Gasteiger partial charge is 0.472 e. The average Bonchev–Trinajstić information content (AvgIpc) is 3.21. The molecule has 0 spiro atoms. The molecule has 0 heterocycles. The second-order valence-corrected chi connectivity index (χ2v) is 16.9. The molecular weight excluding hydrogens is 755 g/mol. The van der Waals surface area contributed by atoms with Gasteiger partial charge in [0.15, 0.2) is 6.10 Å². The Morgan fingerprint density at radius 2 is 0.897 bits per heavy atom. The summed E-state index contributed by atoms with van der Waals surface area (Å²) in [5.74, 6) is -0.941. The van der Waals surface area contributed by atoms with Crippen molar-refractivity contribution in [1.82, 2.24) is 0 Å². The fourth-order valence-corrected chi connectivity index (χ4v) is 6.90. The molecule has 0 aromatic carbocycles. The zero-order valence-electron chi connectivity index (χ0n) is 36.8. The summed E-state index contributed by atoms with van der Waals surface area (Å²) in [4.78, 5) is 35.1. The molecule has 10 nitrogen and oxygen atoms in total. The van der Waals surface area contributed by atoms with Gasteiger partial charge in [-0.15, -0.1) is 0 Å². The van der Waals surface area contributed by atoms with E-state index < -0.39 is 51.8 Å². The lowest BCUT2D eigenvalue weighted by Crippen LogP contribution is -2.29. The van der Waals surface area contributed by atoms with Gasteiger partial charge >= 0.3 is 19.8 Å². The standard InChI is InChI=1S/C47H85O10P/c1-3-5-7-9-11-13-15-17-19-21-23-25-27-29-31-33-35-37-39-47(51)57-45(43-56-58(52,53)55-41-44(49)40-48)42-54-46(50)38-36-34-32-30-28-26-24-22-20-18-16-14-12-10-8-6-4-2/h12-15,18-21,44-45,48-49H,3-11,16-17,22-43H2,1-2H3,(H,52,53)/b14-12-,15-13-,20-18-,21-19-. The minimum atomic E-state index is -4.62. The van der Waals surface area contributed by atoms with E-state index in [0.29, 0.717) is 12.8 Å². The minimum Gasteiger partial charge on any atom is -0.462 e. The Bertz CT molecular complexity index is 1110. The Morgan fingerprint density at radius 1 is 0.517 bits per heavy atom. The highest BCUT2D eigenvalue weighted by molar-refractivity contribution is 7.47.